The maximum Gasteiger partial charge on any atom is 0.421 e. The van der Waals surface area contributed by atoms with E-state index < -0.39 is 28.3 Å². The molecule has 0 saturated carbocycles. The molecular weight excluding hydrogens is 382 g/mol. The lowest BCUT2D eigenvalue weighted by Gasteiger charge is -2.15. The quantitative estimate of drug-likeness (QED) is 0.359. The normalized spacial score (nSPS) is 11.1. The van der Waals surface area contributed by atoms with Crippen molar-refractivity contribution in [2.24, 2.45) is 0 Å². The molecule has 0 fully saturated rings. The highest BCUT2D eigenvalue weighted by molar-refractivity contribution is 5.63. The molecule has 2 N–H and O–H groups in total. The summed E-state index contributed by atoms with van der Waals surface area (Å²) in [7, 11) is 0. The van der Waals surface area contributed by atoms with Crippen molar-refractivity contribution in [1.82, 2.24) is 9.97 Å². The van der Waals surface area contributed by atoms with E-state index in [0.29, 0.717) is 11.9 Å². The van der Waals surface area contributed by atoms with Crippen molar-refractivity contribution in [3.05, 3.63) is 76.2 Å². The molecule has 0 atom stereocenters. The van der Waals surface area contributed by atoms with Gasteiger partial charge in [-0.15, -0.1) is 0 Å². The lowest BCUT2D eigenvalue weighted by molar-refractivity contribution is -0.384. The lowest BCUT2D eigenvalue weighted by Crippen LogP contribution is -2.12. The molecule has 2 aromatic carbocycles. The number of benzene rings is 2. The number of non-ortho nitro benzene ring substituents is 1. The van der Waals surface area contributed by atoms with Crippen molar-refractivity contribution in [3.63, 3.8) is 0 Å². The van der Waals surface area contributed by atoms with Gasteiger partial charge in [-0.2, -0.15) is 18.2 Å². The van der Waals surface area contributed by atoms with Gasteiger partial charge in [0.1, 0.15) is 17.2 Å². The second-order valence-electron chi connectivity index (χ2n) is 5.51. The topological polar surface area (TPSA) is 93.0 Å². The van der Waals surface area contributed by atoms with E-state index in [-0.39, 0.29) is 17.3 Å². The van der Waals surface area contributed by atoms with Crippen LogP contribution in [-0.4, -0.2) is 14.9 Å². The number of nitro benzene ring substituents is 1. The van der Waals surface area contributed by atoms with Crippen LogP contribution in [0.1, 0.15) is 5.56 Å². The van der Waals surface area contributed by atoms with E-state index >= 15 is 0 Å². The Morgan fingerprint density at radius 2 is 1.50 bits per heavy atom. The van der Waals surface area contributed by atoms with Gasteiger partial charge in [-0.3, -0.25) is 10.1 Å². The molecule has 3 rings (SSSR count). The van der Waals surface area contributed by atoms with E-state index in [0.717, 1.165) is 12.1 Å². The van der Waals surface area contributed by atoms with Gasteiger partial charge in [-0.1, -0.05) is 0 Å². The highest BCUT2D eigenvalue weighted by atomic mass is 19.4. The van der Waals surface area contributed by atoms with Gasteiger partial charge < -0.3 is 10.6 Å². The molecule has 0 saturated heterocycles. The summed E-state index contributed by atoms with van der Waals surface area (Å²) in [5, 5.41) is 15.8. The van der Waals surface area contributed by atoms with E-state index in [4.69, 9.17) is 0 Å². The van der Waals surface area contributed by atoms with Crippen LogP contribution < -0.4 is 10.6 Å². The van der Waals surface area contributed by atoms with Crippen LogP contribution >= 0.6 is 0 Å². The Hall–Kier alpha value is -3.76. The van der Waals surface area contributed by atoms with E-state index in [2.05, 4.69) is 20.6 Å². The third-order valence-electron chi connectivity index (χ3n) is 3.54. The van der Waals surface area contributed by atoms with Crippen molar-refractivity contribution < 1.29 is 22.5 Å². The van der Waals surface area contributed by atoms with E-state index in [9.17, 15) is 27.7 Å². The first-order valence-corrected chi connectivity index (χ1v) is 7.71. The number of hydrogen-bond donors (Lipinski definition) is 2. The summed E-state index contributed by atoms with van der Waals surface area (Å²) in [5.41, 5.74) is -0.700. The van der Waals surface area contributed by atoms with Crippen LogP contribution in [0.2, 0.25) is 0 Å². The van der Waals surface area contributed by atoms with E-state index in [1.807, 2.05) is 0 Å². The largest absolute Gasteiger partial charge is 0.421 e. The number of nitrogens with zero attached hydrogens (tertiary/aromatic N) is 3. The van der Waals surface area contributed by atoms with E-state index in [1.54, 1.807) is 0 Å². The number of aromatic nitrogens is 2. The summed E-state index contributed by atoms with van der Waals surface area (Å²) in [4.78, 5) is 17.6. The summed E-state index contributed by atoms with van der Waals surface area (Å²) < 4.78 is 52.7. The van der Waals surface area contributed by atoms with Gasteiger partial charge in [0.05, 0.1) is 4.92 Å². The summed E-state index contributed by atoms with van der Waals surface area (Å²) in [5.74, 6) is -1.23. The molecule has 7 nitrogen and oxygen atoms in total. The van der Waals surface area contributed by atoms with Crippen molar-refractivity contribution in [3.8, 4) is 0 Å². The molecule has 0 bridgehead atoms. The first-order chi connectivity index (χ1) is 13.2. The predicted molar refractivity (Wildman–Crippen MR) is 93.1 cm³/mol. The Kier molecular flexibility index (Phi) is 5.07. The average Bonchev–Trinajstić information content (AvgIpc) is 2.63. The zero-order valence-electron chi connectivity index (χ0n) is 13.9. The minimum Gasteiger partial charge on any atom is -0.340 e. The van der Waals surface area contributed by atoms with Crippen LogP contribution in [0.3, 0.4) is 0 Å². The second kappa shape index (κ2) is 7.47. The van der Waals surface area contributed by atoms with Gasteiger partial charge in [-0.05, 0) is 36.4 Å². The zero-order chi connectivity index (χ0) is 20.3. The number of alkyl halides is 3. The standard InChI is InChI=1S/C17H11F4N5O2/c18-10-1-3-11(4-2-10)23-15-14(17(19,20)21)9-22-16(25-15)24-12-5-7-13(8-6-12)26(27)28/h1-9H,(H2,22,23,24,25). The summed E-state index contributed by atoms with van der Waals surface area (Å²) >= 11 is 0. The molecule has 0 unspecified atom stereocenters. The Balaban J connectivity index is 1.90. The van der Waals surface area contributed by atoms with Gasteiger partial charge in [0, 0.05) is 29.7 Å². The molecule has 0 aliphatic rings. The molecule has 0 aliphatic carbocycles. The summed E-state index contributed by atoms with van der Waals surface area (Å²) in [6.45, 7) is 0. The highest BCUT2D eigenvalue weighted by Crippen LogP contribution is 2.35. The molecule has 11 heteroatoms. The molecule has 0 amide bonds. The van der Waals surface area contributed by atoms with E-state index in [1.165, 1.54) is 36.4 Å². The maximum absolute atomic E-state index is 13.2. The van der Waals surface area contributed by atoms with Crippen LogP contribution in [0.25, 0.3) is 0 Å². The number of rotatable bonds is 5. The smallest absolute Gasteiger partial charge is 0.340 e. The number of nitro groups is 1. The summed E-state index contributed by atoms with van der Waals surface area (Å²) in [6.07, 6.45) is -4.11. The highest BCUT2D eigenvalue weighted by Gasteiger charge is 2.35. The Labute approximate surface area is 155 Å². The van der Waals surface area contributed by atoms with Crippen molar-refractivity contribution >= 4 is 28.8 Å². The monoisotopic (exact) mass is 393 g/mol. The molecule has 0 spiro atoms. The molecular formula is C17H11F4N5O2. The lowest BCUT2D eigenvalue weighted by atomic mass is 10.2. The Bertz CT molecular complexity index is 992. The maximum atomic E-state index is 13.2. The minimum absolute atomic E-state index is 0.141. The van der Waals surface area contributed by atoms with Gasteiger partial charge >= 0.3 is 6.18 Å². The number of halogens is 4. The fourth-order valence-electron chi connectivity index (χ4n) is 2.21. The fraction of sp³-hybridized carbons (Fsp3) is 0.0588. The van der Waals surface area contributed by atoms with Gasteiger partial charge in [0.25, 0.3) is 5.69 Å². The molecule has 0 aliphatic heterocycles. The molecule has 144 valence electrons. The van der Waals surface area contributed by atoms with Gasteiger partial charge in [0.15, 0.2) is 0 Å². The van der Waals surface area contributed by atoms with Crippen LogP contribution in [0.15, 0.2) is 54.7 Å². The third-order valence-corrected chi connectivity index (χ3v) is 3.54. The third kappa shape index (κ3) is 4.50. The fourth-order valence-corrected chi connectivity index (χ4v) is 2.21. The van der Waals surface area contributed by atoms with Crippen LogP contribution in [0, 0.1) is 15.9 Å². The predicted octanol–water partition coefficient (Wildman–Crippen LogP) is 5.03. The first kappa shape index (κ1) is 19.0. The molecule has 1 aromatic heterocycles. The minimum atomic E-state index is -4.71. The summed E-state index contributed by atoms with van der Waals surface area (Å²) in [6, 6.07) is 9.90. The van der Waals surface area contributed by atoms with Crippen molar-refractivity contribution in [2.75, 3.05) is 10.6 Å². The average molecular weight is 393 g/mol. The van der Waals surface area contributed by atoms with Gasteiger partial charge in [-0.25, -0.2) is 9.37 Å². The Morgan fingerprint density at radius 3 is 2.07 bits per heavy atom. The SMILES string of the molecule is O=[N+]([O-])c1ccc(Nc2ncc(C(F)(F)F)c(Nc3ccc(F)cc3)n2)cc1. The second-order valence-corrected chi connectivity index (χ2v) is 5.51. The van der Waals surface area contributed by atoms with Crippen molar-refractivity contribution in [2.45, 2.75) is 6.18 Å². The molecule has 0 radical (unpaired) electrons. The molecule has 28 heavy (non-hydrogen) atoms. The zero-order valence-corrected chi connectivity index (χ0v) is 13.9. The van der Waals surface area contributed by atoms with Crippen molar-refractivity contribution in [1.29, 1.82) is 0 Å². The Morgan fingerprint density at radius 1 is 0.929 bits per heavy atom. The first-order valence-electron chi connectivity index (χ1n) is 7.71. The van der Waals surface area contributed by atoms with Crippen LogP contribution in [0.5, 0.6) is 0 Å². The molecule has 3 aromatic rings. The molecule has 1 heterocycles. The number of hydrogen-bond acceptors (Lipinski definition) is 6. The van der Waals surface area contributed by atoms with Crippen LogP contribution in [-0.2, 0) is 6.18 Å². The van der Waals surface area contributed by atoms with Gasteiger partial charge in [0.2, 0.25) is 5.95 Å². The number of nitrogens with one attached hydrogen (secondary N) is 2. The van der Waals surface area contributed by atoms with Crippen LogP contribution in [0.4, 0.5) is 46.4 Å². The number of anilines is 4.